The van der Waals surface area contributed by atoms with Crippen molar-refractivity contribution < 1.29 is 0 Å². The third-order valence-corrected chi connectivity index (χ3v) is 4.81. The smallest absolute Gasteiger partial charge is 0.0329 e. The van der Waals surface area contributed by atoms with E-state index in [0.717, 1.165) is 11.8 Å². The van der Waals surface area contributed by atoms with Crippen molar-refractivity contribution in [3.63, 3.8) is 0 Å². The normalized spacial score (nSPS) is 21.6. The highest BCUT2D eigenvalue weighted by Crippen LogP contribution is 2.25. The van der Waals surface area contributed by atoms with Crippen molar-refractivity contribution in [3.05, 3.63) is 35.4 Å². The SMILES string of the molecule is CNC(CCN1CCC(C(C)C)C1)c1ccc(C)cc1. The average Bonchev–Trinajstić information content (AvgIpc) is 2.90. The number of nitrogens with one attached hydrogen (secondary N) is 1. The average molecular weight is 274 g/mol. The Hall–Kier alpha value is -0.860. The molecule has 20 heavy (non-hydrogen) atoms. The first-order valence-corrected chi connectivity index (χ1v) is 8.06. The van der Waals surface area contributed by atoms with Gasteiger partial charge >= 0.3 is 0 Å². The maximum atomic E-state index is 3.47. The molecule has 2 nitrogen and oxygen atoms in total. The quantitative estimate of drug-likeness (QED) is 0.852. The Labute approximate surface area is 124 Å². The zero-order valence-electron chi connectivity index (χ0n) is 13.5. The van der Waals surface area contributed by atoms with E-state index in [0.29, 0.717) is 6.04 Å². The van der Waals surface area contributed by atoms with Crippen LogP contribution in [0.25, 0.3) is 0 Å². The molecule has 1 N–H and O–H groups in total. The van der Waals surface area contributed by atoms with Crippen LogP contribution in [0.1, 0.15) is 43.9 Å². The molecule has 0 spiro atoms. The van der Waals surface area contributed by atoms with E-state index in [-0.39, 0.29) is 0 Å². The largest absolute Gasteiger partial charge is 0.313 e. The Morgan fingerprint density at radius 3 is 2.50 bits per heavy atom. The summed E-state index contributed by atoms with van der Waals surface area (Å²) in [6.45, 7) is 10.7. The molecule has 1 fully saturated rings. The lowest BCUT2D eigenvalue weighted by atomic mass is 9.95. The topological polar surface area (TPSA) is 15.3 Å². The summed E-state index contributed by atoms with van der Waals surface area (Å²) in [5.74, 6) is 1.74. The summed E-state index contributed by atoms with van der Waals surface area (Å²) in [6.07, 6.45) is 2.58. The second-order valence-electron chi connectivity index (χ2n) is 6.63. The van der Waals surface area contributed by atoms with Gasteiger partial charge in [0, 0.05) is 12.6 Å². The van der Waals surface area contributed by atoms with E-state index in [2.05, 4.69) is 62.3 Å². The molecule has 1 aromatic carbocycles. The second kappa shape index (κ2) is 7.24. The minimum Gasteiger partial charge on any atom is -0.313 e. The number of rotatable bonds is 6. The number of aryl methyl sites for hydroxylation is 1. The third-order valence-electron chi connectivity index (χ3n) is 4.81. The third kappa shape index (κ3) is 4.07. The summed E-state index contributed by atoms with van der Waals surface area (Å²) in [6, 6.07) is 9.43. The Morgan fingerprint density at radius 2 is 1.95 bits per heavy atom. The molecular formula is C18H30N2. The molecule has 1 aliphatic heterocycles. The fourth-order valence-corrected chi connectivity index (χ4v) is 3.20. The summed E-state index contributed by atoms with van der Waals surface area (Å²) < 4.78 is 0. The Kier molecular flexibility index (Phi) is 5.62. The van der Waals surface area contributed by atoms with Crippen molar-refractivity contribution >= 4 is 0 Å². The standard InChI is InChI=1S/C18H30N2/c1-14(2)17-9-11-20(13-17)12-10-18(19-4)16-7-5-15(3)6-8-16/h5-8,14,17-19H,9-13H2,1-4H3. The molecule has 2 rings (SSSR count). The maximum absolute atomic E-state index is 3.47. The van der Waals surface area contributed by atoms with Crippen LogP contribution < -0.4 is 5.32 Å². The zero-order chi connectivity index (χ0) is 14.5. The molecule has 1 heterocycles. The van der Waals surface area contributed by atoms with Crippen LogP contribution in [0, 0.1) is 18.8 Å². The minimum absolute atomic E-state index is 0.480. The van der Waals surface area contributed by atoms with Crippen LogP contribution in [0.4, 0.5) is 0 Å². The van der Waals surface area contributed by atoms with Gasteiger partial charge in [-0.1, -0.05) is 43.7 Å². The van der Waals surface area contributed by atoms with E-state index in [4.69, 9.17) is 0 Å². The predicted molar refractivity (Wildman–Crippen MR) is 87.0 cm³/mol. The number of benzene rings is 1. The van der Waals surface area contributed by atoms with Crippen molar-refractivity contribution in [2.45, 2.75) is 39.7 Å². The monoisotopic (exact) mass is 274 g/mol. The molecule has 0 saturated carbocycles. The number of hydrogen-bond donors (Lipinski definition) is 1. The van der Waals surface area contributed by atoms with Gasteiger partial charge in [-0.15, -0.1) is 0 Å². The fourth-order valence-electron chi connectivity index (χ4n) is 3.20. The maximum Gasteiger partial charge on any atom is 0.0329 e. The molecule has 1 aliphatic rings. The van der Waals surface area contributed by atoms with Gasteiger partial charge in [0.2, 0.25) is 0 Å². The molecular weight excluding hydrogens is 244 g/mol. The first-order chi connectivity index (χ1) is 9.60. The summed E-state index contributed by atoms with van der Waals surface area (Å²) in [5, 5.41) is 3.47. The Bertz CT molecular complexity index is 396. The van der Waals surface area contributed by atoms with Gasteiger partial charge in [0.15, 0.2) is 0 Å². The van der Waals surface area contributed by atoms with Crippen LogP contribution >= 0.6 is 0 Å². The van der Waals surface area contributed by atoms with Crippen LogP contribution in [-0.4, -0.2) is 31.6 Å². The molecule has 0 bridgehead atoms. The lowest BCUT2D eigenvalue weighted by molar-refractivity contribution is 0.287. The van der Waals surface area contributed by atoms with Crippen LogP contribution in [0.2, 0.25) is 0 Å². The van der Waals surface area contributed by atoms with Crippen molar-refractivity contribution in [3.8, 4) is 0 Å². The van der Waals surface area contributed by atoms with Gasteiger partial charge in [-0.2, -0.15) is 0 Å². The molecule has 2 heteroatoms. The van der Waals surface area contributed by atoms with Gasteiger partial charge in [0.1, 0.15) is 0 Å². The van der Waals surface area contributed by atoms with Gasteiger partial charge in [0.25, 0.3) is 0 Å². The van der Waals surface area contributed by atoms with E-state index < -0.39 is 0 Å². The number of hydrogen-bond acceptors (Lipinski definition) is 2. The van der Waals surface area contributed by atoms with E-state index in [1.807, 2.05) is 0 Å². The number of likely N-dealkylation sites (tertiary alicyclic amines) is 1. The molecule has 0 aromatic heterocycles. The molecule has 2 unspecified atom stereocenters. The summed E-state index contributed by atoms with van der Waals surface area (Å²) in [5.41, 5.74) is 2.75. The molecule has 0 amide bonds. The summed E-state index contributed by atoms with van der Waals surface area (Å²) in [4.78, 5) is 2.64. The van der Waals surface area contributed by atoms with Crippen molar-refractivity contribution in [2.75, 3.05) is 26.7 Å². The fraction of sp³-hybridized carbons (Fsp3) is 0.667. The Balaban J connectivity index is 1.84. The first kappa shape index (κ1) is 15.5. The number of nitrogens with zero attached hydrogens (tertiary/aromatic N) is 1. The van der Waals surface area contributed by atoms with Crippen molar-refractivity contribution in [1.82, 2.24) is 10.2 Å². The van der Waals surface area contributed by atoms with Crippen LogP contribution in [0.5, 0.6) is 0 Å². The van der Waals surface area contributed by atoms with Crippen LogP contribution in [0.15, 0.2) is 24.3 Å². The van der Waals surface area contributed by atoms with Crippen LogP contribution in [0.3, 0.4) is 0 Å². The highest BCUT2D eigenvalue weighted by Gasteiger charge is 2.25. The second-order valence-corrected chi connectivity index (χ2v) is 6.63. The molecule has 2 atom stereocenters. The molecule has 112 valence electrons. The predicted octanol–water partition coefficient (Wildman–Crippen LogP) is 3.62. The van der Waals surface area contributed by atoms with Gasteiger partial charge in [-0.3, -0.25) is 0 Å². The first-order valence-electron chi connectivity index (χ1n) is 8.06. The summed E-state index contributed by atoms with van der Waals surface area (Å²) >= 11 is 0. The van der Waals surface area contributed by atoms with Crippen molar-refractivity contribution in [2.24, 2.45) is 11.8 Å². The minimum atomic E-state index is 0.480. The van der Waals surface area contributed by atoms with Gasteiger partial charge in [-0.05, 0) is 57.3 Å². The molecule has 0 aliphatic carbocycles. The van der Waals surface area contributed by atoms with Crippen LogP contribution in [-0.2, 0) is 0 Å². The van der Waals surface area contributed by atoms with E-state index in [9.17, 15) is 0 Å². The molecule has 1 saturated heterocycles. The zero-order valence-corrected chi connectivity index (χ0v) is 13.5. The van der Waals surface area contributed by atoms with E-state index in [1.165, 1.54) is 43.6 Å². The van der Waals surface area contributed by atoms with Crippen molar-refractivity contribution in [1.29, 1.82) is 0 Å². The lowest BCUT2D eigenvalue weighted by Crippen LogP contribution is -2.27. The Morgan fingerprint density at radius 1 is 1.25 bits per heavy atom. The summed E-state index contributed by atoms with van der Waals surface area (Å²) in [7, 11) is 2.07. The van der Waals surface area contributed by atoms with Gasteiger partial charge < -0.3 is 10.2 Å². The van der Waals surface area contributed by atoms with E-state index >= 15 is 0 Å². The van der Waals surface area contributed by atoms with Gasteiger partial charge in [0.05, 0.1) is 0 Å². The van der Waals surface area contributed by atoms with E-state index in [1.54, 1.807) is 0 Å². The highest BCUT2D eigenvalue weighted by atomic mass is 15.1. The molecule has 1 aromatic rings. The van der Waals surface area contributed by atoms with Gasteiger partial charge in [-0.25, -0.2) is 0 Å². The molecule has 0 radical (unpaired) electrons. The lowest BCUT2D eigenvalue weighted by Gasteiger charge is -2.22. The highest BCUT2D eigenvalue weighted by molar-refractivity contribution is 5.24.